The Morgan fingerprint density at radius 2 is 2.22 bits per heavy atom. The lowest BCUT2D eigenvalue weighted by atomic mass is 9.81. The molecule has 2 aliphatic heterocycles. The van der Waals surface area contributed by atoms with E-state index in [0.717, 1.165) is 19.6 Å². The van der Waals surface area contributed by atoms with Gasteiger partial charge in [0.25, 0.3) is 0 Å². The lowest BCUT2D eigenvalue weighted by Crippen LogP contribution is -2.64. The first-order valence-electron chi connectivity index (χ1n) is 4.24. The minimum absolute atomic E-state index is 0.361. The fourth-order valence-corrected chi connectivity index (χ4v) is 1.73. The van der Waals surface area contributed by atoms with E-state index in [4.69, 9.17) is 1.41 Å². The molecule has 2 saturated heterocycles. The second-order valence-corrected chi connectivity index (χ2v) is 3.17. The van der Waals surface area contributed by atoms with Crippen molar-refractivity contribution in [1.82, 2.24) is 10.6 Å². The van der Waals surface area contributed by atoms with Crippen molar-refractivity contribution < 1.29 is 1.41 Å². The Morgan fingerprint density at radius 1 is 1.33 bits per heavy atom. The van der Waals surface area contributed by atoms with Crippen molar-refractivity contribution in [3.05, 3.63) is 0 Å². The molecule has 2 aliphatic rings. The third-order valence-electron chi connectivity index (χ3n) is 2.49. The monoisotopic (exact) mass is 127 g/mol. The fraction of sp³-hybridized carbons (Fsp3) is 1.00. The second kappa shape index (κ2) is 1.96. The number of rotatable bonds is 0. The van der Waals surface area contributed by atoms with Crippen LogP contribution in [-0.2, 0) is 0 Å². The summed E-state index contributed by atoms with van der Waals surface area (Å²) in [5.41, 5.74) is 0.361. The van der Waals surface area contributed by atoms with Crippen LogP contribution in [0.1, 0.15) is 19.3 Å². The van der Waals surface area contributed by atoms with Gasteiger partial charge in [-0.05, 0) is 32.4 Å². The summed E-state index contributed by atoms with van der Waals surface area (Å²) in [5, 5.41) is 5.12. The SMILES string of the molecule is [2H]N1CCCC2(CCN2)C1. The van der Waals surface area contributed by atoms with E-state index in [1.165, 1.54) is 19.3 Å². The van der Waals surface area contributed by atoms with Crippen LogP contribution < -0.4 is 10.6 Å². The zero-order chi connectivity index (χ0) is 7.03. The Labute approximate surface area is 57.5 Å². The molecule has 2 N–H and O–H groups in total. The molecule has 2 heterocycles. The van der Waals surface area contributed by atoms with Gasteiger partial charge >= 0.3 is 0 Å². The summed E-state index contributed by atoms with van der Waals surface area (Å²) in [7, 11) is 0. The molecule has 1 spiro atoms. The van der Waals surface area contributed by atoms with Crippen LogP contribution in [0.4, 0.5) is 0 Å². The molecule has 1 unspecified atom stereocenters. The van der Waals surface area contributed by atoms with Crippen LogP contribution in [0.3, 0.4) is 0 Å². The van der Waals surface area contributed by atoms with E-state index < -0.39 is 0 Å². The van der Waals surface area contributed by atoms with Crippen LogP contribution in [-0.4, -0.2) is 25.2 Å². The van der Waals surface area contributed by atoms with Crippen molar-refractivity contribution in [2.75, 3.05) is 19.6 Å². The maximum absolute atomic E-state index is 7.46. The normalized spacial score (nSPS) is 46.4. The molecule has 0 saturated carbocycles. The highest BCUT2D eigenvalue weighted by Crippen LogP contribution is 2.25. The van der Waals surface area contributed by atoms with E-state index in [0.29, 0.717) is 5.54 Å². The topological polar surface area (TPSA) is 24.1 Å². The van der Waals surface area contributed by atoms with Crippen molar-refractivity contribution >= 4 is 0 Å². The molecule has 0 aliphatic carbocycles. The highest BCUT2D eigenvalue weighted by molar-refractivity contribution is 5.00. The first kappa shape index (κ1) is 4.69. The van der Waals surface area contributed by atoms with Gasteiger partial charge in [0.05, 0.1) is 0 Å². The standard InChI is InChI=1S/C7H14N2/c1-2-7(3-5-9-7)6-8-4-1/h8-9H,1-6H2/i/hD. The molecule has 0 aromatic heterocycles. The third-order valence-corrected chi connectivity index (χ3v) is 2.49. The van der Waals surface area contributed by atoms with Crippen molar-refractivity contribution in [3.8, 4) is 0 Å². The van der Waals surface area contributed by atoms with Gasteiger partial charge in [0.1, 0.15) is 1.41 Å². The Balaban J connectivity index is 1.96. The van der Waals surface area contributed by atoms with Crippen molar-refractivity contribution in [1.29, 1.82) is 0 Å². The number of hydrogen-bond acceptors (Lipinski definition) is 2. The summed E-state index contributed by atoms with van der Waals surface area (Å²) in [5.74, 6) is 0. The van der Waals surface area contributed by atoms with Crippen molar-refractivity contribution in [3.63, 3.8) is 0 Å². The smallest absolute Gasteiger partial charge is 0.122 e. The molecule has 2 heteroatoms. The average Bonchev–Trinajstić information content (AvgIpc) is 1.85. The molecule has 9 heavy (non-hydrogen) atoms. The van der Waals surface area contributed by atoms with Crippen LogP contribution in [0.15, 0.2) is 0 Å². The van der Waals surface area contributed by atoms with Crippen molar-refractivity contribution in [2.24, 2.45) is 0 Å². The summed E-state index contributed by atoms with van der Waals surface area (Å²) in [4.78, 5) is 0. The molecule has 2 nitrogen and oxygen atoms in total. The maximum atomic E-state index is 7.46. The van der Waals surface area contributed by atoms with Gasteiger partial charge in [-0.15, -0.1) is 0 Å². The van der Waals surface area contributed by atoms with Crippen molar-refractivity contribution in [2.45, 2.75) is 24.8 Å². The lowest BCUT2D eigenvalue weighted by Gasteiger charge is -2.46. The first-order chi connectivity index (χ1) is 4.81. The summed E-state index contributed by atoms with van der Waals surface area (Å²) in [6.45, 7) is 3.06. The molecule has 0 radical (unpaired) electrons. The van der Waals surface area contributed by atoms with Gasteiger partial charge in [-0.1, -0.05) is 0 Å². The highest BCUT2D eigenvalue weighted by atomic mass is 15.1. The molecule has 0 aromatic carbocycles. The van der Waals surface area contributed by atoms with Gasteiger partial charge < -0.3 is 10.6 Å². The minimum atomic E-state index is 0.361. The third kappa shape index (κ3) is 0.864. The molecule has 2 rings (SSSR count). The van der Waals surface area contributed by atoms with E-state index in [1.54, 1.807) is 5.31 Å². The van der Waals surface area contributed by atoms with Crippen LogP contribution in [0.25, 0.3) is 0 Å². The Bertz CT molecular complexity index is 134. The predicted octanol–water partition coefficient (Wildman–Crippen LogP) is 0.102. The number of nitrogens with one attached hydrogen (secondary N) is 2. The number of piperidine rings is 1. The Kier molecular flexibility index (Phi) is 1.02. The van der Waals surface area contributed by atoms with E-state index >= 15 is 0 Å². The van der Waals surface area contributed by atoms with Gasteiger partial charge in [0.15, 0.2) is 0 Å². The quantitative estimate of drug-likeness (QED) is 0.482. The average molecular weight is 127 g/mol. The Hall–Kier alpha value is -0.0800. The van der Waals surface area contributed by atoms with Gasteiger partial charge in [0, 0.05) is 12.1 Å². The second-order valence-electron chi connectivity index (χ2n) is 3.17. The predicted molar refractivity (Wildman–Crippen MR) is 37.5 cm³/mol. The van der Waals surface area contributed by atoms with Crippen LogP contribution in [0, 0.1) is 0 Å². The summed E-state index contributed by atoms with van der Waals surface area (Å²) in [6, 6.07) is 0. The summed E-state index contributed by atoms with van der Waals surface area (Å²) >= 11 is 0. The largest absolute Gasteiger partial charge is 0.315 e. The molecule has 2 fully saturated rings. The Morgan fingerprint density at radius 3 is 2.67 bits per heavy atom. The van der Waals surface area contributed by atoms with Crippen LogP contribution in [0.5, 0.6) is 0 Å². The lowest BCUT2D eigenvalue weighted by molar-refractivity contribution is 0.159. The van der Waals surface area contributed by atoms with E-state index in [-0.39, 0.29) is 0 Å². The zero-order valence-corrected chi connectivity index (χ0v) is 5.69. The van der Waals surface area contributed by atoms with Gasteiger partial charge in [0.2, 0.25) is 0 Å². The molecule has 1 atom stereocenters. The van der Waals surface area contributed by atoms with E-state index in [1.807, 2.05) is 0 Å². The number of hydrogen-bond donors (Lipinski definition) is 2. The first-order valence-corrected chi connectivity index (χ1v) is 3.80. The van der Waals surface area contributed by atoms with Gasteiger partial charge in [-0.3, -0.25) is 0 Å². The summed E-state index contributed by atoms with van der Waals surface area (Å²) in [6.07, 6.45) is 3.75. The molecule has 0 aromatic rings. The van der Waals surface area contributed by atoms with Gasteiger partial charge in [-0.25, -0.2) is 0 Å². The molecular weight excluding hydrogens is 112 g/mol. The van der Waals surface area contributed by atoms with Crippen LogP contribution in [0.2, 0.25) is 1.41 Å². The molecule has 52 valence electrons. The van der Waals surface area contributed by atoms with E-state index in [2.05, 4.69) is 5.32 Å². The minimum Gasteiger partial charge on any atom is -0.315 e. The van der Waals surface area contributed by atoms with E-state index in [9.17, 15) is 0 Å². The summed E-state index contributed by atoms with van der Waals surface area (Å²) < 4.78 is 7.46. The molecule has 0 amide bonds. The fourth-order valence-electron chi connectivity index (χ4n) is 1.73. The maximum Gasteiger partial charge on any atom is 0.122 e. The van der Waals surface area contributed by atoms with Crippen LogP contribution >= 0.6 is 0 Å². The highest BCUT2D eigenvalue weighted by Gasteiger charge is 2.36. The zero-order valence-electron chi connectivity index (χ0n) is 6.69. The van der Waals surface area contributed by atoms with Gasteiger partial charge in [-0.2, -0.15) is 0 Å². The molecule has 0 bridgehead atoms. The molecular formula is C7H14N2.